The highest BCUT2D eigenvalue weighted by molar-refractivity contribution is 5.48. The molecule has 0 aliphatic rings. The van der Waals surface area contributed by atoms with Gasteiger partial charge in [0.2, 0.25) is 11.7 Å². The van der Waals surface area contributed by atoms with Gasteiger partial charge in [-0.05, 0) is 19.1 Å². The number of nitrogens with one attached hydrogen (secondary N) is 1. The first-order chi connectivity index (χ1) is 9.06. The molecule has 1 aromatic heterocycles. The first-order valence-electron chi connectivity index (χ1n) is 5.52. The zero-order valence-corrected chi connectivity index (χ0v) is 10.0. The Hall–Kier alpha value is -2.57. The van der Waals surface area contributed by atoms with Crippen molar-refractivity contribution in [3.63, 3.8) is 0 Å². The molecule has 2 rings (SSSR count). The molecule has 0 spiro atoms. The monoisotopic (exact) mass is 266 g/mol. The van der Waals surface area contributed by atoms with E-state index in [1.54, 1.807) is 30.1 Å². The van der Waals surface area contributed by atoms with Crippen LogP contribution in [0.5, 0.6) is 11.6 Å². The Labute approximate surface area is 106 Å². The molecule has 0 saturated carbocycles. The second-order valence-electron chi connectivity index (χ2n) is 3.63. The average Bonchev–Trinajstić information content (AvgIpc) is 2.38. The molecule has 7 heteroatoms. The Morgan fingerprint density at radius 3 is 2.74 bits per heavy atom. The minimum atomic E-state index is -1.43. The van der Waals surface area contributed by atoms with Crippen LogP contribution in [0.15, 0.2) is 33.9 Å². The third kappa shape index (κ3) is 2.22. The molecule has 6 nitrogen and oxygen atoms in total. The van der Waals surface area contributed by atoms with Crippen LogP contribution in [0.2, 0.25) is 0 Å². The number of benzene rings is 1. The molecule has 0 aliphatic heterocycles. The molecule has 0 radical (unpaired) electrons. The zero-order chi connectivity index (χ0) is 14.0. The summed E-state index contributed by atoms with van der Waals surface area (Å²) in [7, 11) is 0. The number of para-hydroxylation sites is 2. The number of ether oxygens (including phenoxy) is 1. The molecular formula is C12H11FN2O4. The SMILES string of the molecule is CCOc1ccccc1-n1c(O)c(F)c(=O)[nH]c1=O. The molecule has 1 heterocycles. The highest BCUT2D eigenvalue weighted by atomic mass is 19.1. The number of aromatic nitrogens is 2. The fraction of sp³-hybridized carbons (Fsp3) is 0.167. The topological polar surface area (TPSA) is 84.3 Å². The molecule has 0 atom stereocenters. The Morgan fingerprint density at radius 2 is 2.05 bits per heavy atom. The Kier molecular flexibility index (Phi) is 3.37. The number of nitrogens with zero attached hydrogens (tertiary/aromatic N) is 1. The van der Waals surface area contributed by atoms with Crippen LogP contribution in [-0.2, 0) is 0 Å². The quantitative estimate of drug-likeness (QED) is 0.859. The predicted octanol–water partition coefficient (Wildman–Crippen LogP) is 0.769. The summed E-state index contributed by atoms with van der Waals surface area (Å²) in [5.74, 6) is -2.19. The van der Waals surface area contributed by atoms with Crippen molar-refractivity contribution in [2.45, 2.75) is 6.92 Å². The molecule has 2 N–H and O–H groups in total. The van der Waals surface area contributed by atoms with Gasteiger partial charge in [0.05, 0.1) is 12.3 Å². The van der Waals surface area contributed by atoms with Gasteiger partial charge in [-0.2, -0.15) is 4.39 Å². The van der Waals surface area contributed by atoms with Gasteiger partial charge in [0, 0.05) is 0 Å². The zero-order valence-electron chi connectivity index (χ0n) is 10.0. The second-order valence-corrected chi connectivity index (χ2v) is 3.63. The maximum Gasteiger partial charge on any atom is 0.336 e. The fourth-order valence-electron chi connectivity index (χ4n) is 1.65. The van der Waals surface area contributed by atoms with Crippen LogP contribution in [0.1, 0.15) is 6.92 Å². The lowest BCUT2D eigenvalue weighted by atomic mass is 10.3. The Bertz CT molecular complexity index is 720. The number of aromatic hydroxyl groups is 1. The third-order valence-corrected chi connectivity index (χ3v) is 2.44. The summed E-state index contributed by atoms with van der Waals surface area (Å²) in [6.45, 7) is 2.07. The molecule has 19 heavy (non-hydrogen) atoms. The van der Waals surface area contributed by atoms with E-state index in [4.69, 9.17) is 4.74 Å². The van der Waals surface area contributed by atoms with Gasteiger partial charge in [-0.3, -0.25) is 9.78 Å². The van der Waals surface area contributed by atoms with Crippen LogP contribution in [0.3, 0.4) is 0 Å². The first kappa shape index (κ1) is 12.9. The number of hydrogen-bond donors (Lipinski definition) is 2. The maximum absolute atomic E-state index is 13.4. The maximum atomic E-state index is 13.4. The van der Waals surface area contributed by atoms with Crippen molar-refractivity contribution >= 4 is 0 Å². The molecule has 100 valence electrons. The summed E-state index contributed by atoms with van der Waals surface area (Å²) in [5.41, 5.74) is -2.08. The van der Waals surface area contributed by atoms with Crippen molar-refractivity contribution < 1.29 is 14.2 Å². The number of aromatic amines is 1. The van der Waals surface area contributed by atoms with Crippen molar-refractivity contribution in [1.82, 2.24) is 9.55 Å². The smallest absolute Gasteiger partial charge is 0.336 e. The van der Waals surface area contributed by atoms with Crippen LogP contribution in [0, 0.1) is 5.82 Å². The van der Waals surface area contributed by atoms with Crippen LogP contribution in [0.25, 0.3) is 5.69 Å². The summed E-state index contributed by atoms with van der Waals surface area (Å²) in [6, 6.07) is 6.28. The molecule has 1 aromatic carbocycles. The van der Waals surface area contributed by atoms with E-state index in [9.17, 15) is 19.1 Å². The van der Waals surface area contributed by atoms with Crippen molar-refractivity contribution in [2.24, 2.45) is 0 Å². The summed E-state index contributed by atoms with van der Waals surface area (Å²) in [5, 5.41) is 9.62. The van der Waals surface area contributed by atoms with E-state index in [-0.39, 0.29) is 11.4 Å². The van der Waals surface area contributed by atoms with Gasteiger partial charge in [-0.1, -0.05) is 12.1 Å². The minimum absolute atomic E-state index is 0.141. The second kappa shape index (κ2) is 4.97. The number of rotatable bonds is 3. The largest absolute Gasteiger partial charge is 0.492 e. The number of halogens is 1. The molecule has 0 fully saturated rings. The van der Waals surface area contributed by atoms with Crippen LogP contribution < -0.4 is 16.0 Å². The molecule has 0 saturated heterocycles. The van der Waals surface area contributed by atoms with Crippen molar-refractivity contribution in [3.05, 3.63) is 50.9 Å². The third-order valence-electron chi connectivity index (χ3n) is 2.44. The molecule has 0 bridgehead atoms. The van der Waals surface area contributed by atoms with Gasteiger partial charge >= 0.3 is 5.69 Å². The first-order valence-corrected chi connectivity index (χ1v) is 5.52. The van der Waals surface area contributed by atoms with E-state index < -0.39 is 22.9 Å². The minimum Gasteiger partial charge on any atom is -0.492 e. The van der Waals surface area contributed by atoms with Gasteiger partial charge in [0.1, 0.15) is 5.75 Å². The average molecular weight is 266 g/mol. The molecule has 0 amide bonds. The van der Waals surface area contributed by atoms with E-state index in [2.05, 4.69) is 0 Å². The number of hydrogen-bond acceptors (Lipinski definition) is 4. The van der Waals surface area contributed by atoms with E-state index in [1.165, 1.54) is 6.07 Å². The lowest BCUT2D eigenvalue weighted by Crippen LogP contribution is -2.31. The summed E-state index contributed by atoms with van der Waals surface area (Å²) < 4.78 is 19.3. The summed E-state index contributed by atoms with van der Waals surface area (Å²) >= 11 is 0. The van der Waals surface area contributed by atoms with Crippen LogP contribution in [-0.4, -0.2) is 21.3 Å². The summed E-state index contributed by atoms with van der Waals surface area (Å²) in [6.07, 6.45) is 0. The van der Waals surface area contributed by atoms with Gasteiger partial charge in [0.25, 0.3) is 5.56 Å². The lowest BCUT2D eigenvalue weighted by molar-refractivity contribution is 0.334. The van der Waals surface area contributed by atoms with Crippen LogP contribution >= 0.6 is 0 Å². The van der Waals surface area contributed by atoms with E-state index in [0.717, 1.165) is 0 Å². The molecular weight excluding hydrogens is 255 g/mol. The van der Waals surface area contributed by atoms with Gasteiger partial charge in [0.15, 0.2) is 0 Å². The van der Waals surface area contributed by atoms with Gasteiger partial charge < -0.3 is 9.84 Å². The Morgan fingerprint density at radius 1 is 1.37 bits per heavy atom. The summed E-state index contributed by atoms with van der Waals surface area (Å²) in [4.78, 5) is 24.5. The molecule has 0 aliphatic carbocycles. The predicted molar refractivity (Wildman–Crippen MR) is 65.5 cm³/mol. The lowest BCUT2D eigenvalue weighted by Gasteiger charge is -2.12. The highest BCUT2D eigenvalue weighted by Crippen LogP contribution is 2.24. The number of H-pyrrole nitrogens is 1. The molecule has 2 aromatic rings. The van der Waals surface area contributed by atoms with Gasteiger partial charge in [-0.15, -0.1) is 0 Å². The van der Waals surface area contributed by atoms with Gasteiger partial charge in [-0.25, -0.2) is 9.36 Å². The highest BCUT2D eigenvalue weighted by Gasteiger charge is 2.17. The Balaban J connectivity index is 2.76. The van der Waals surface area contributed by atoms with Crippen molar-refractivity contribution in [3.8, 4) is 17.3 Å². The van der Waals surface area contributed by atoms with Crippen molar-refractivity contribution in [1.29, 1.82) is 0 Å². The van der Waals surface area contributed by atoms with Crippen LogP contribution in [0.4, 0.5) is 4.39 Å². The fourth-order valence-corrected chi connectivity index (χ4v) is 1.65. The van der Waals surface area contributed by atoms with Crippen molar-refractivity contribution in [2.75, 3.05) is 6.61 Å². The standard InChI is InChI=1S/C12H11FN2O4/c1-2-19-8-6-4-3-5-7(8)15-11(17)9(13)10(16)14-12(15)18/h3-6,17H,2H2,1H3,(H,14,16,18). The van der Waals surface area contributed by atoms with E-state index in [1.807, 2.05) is 0 Å². The molecule has 0 unspecified atom stereocenters. The normalized spacial score (nSPS) is 10.4. The van der Waals surface area contributed by atoms with E-state index in [0.29, 0.717) is 11.2 Å². The van der Waals surface area contributed by atoms with E-state index >= 15 is 0 Å².